The molecule has 1 saturated heterocycles. The van der Waals surface area contributed by atoms with Crippen LogP contribution >= 0.6 is 0 Å². The van der Waals surface area contributed by atoms with Crippen molar-refractivity contribution >= 4 is 17.4 Å². The van der Waals surface area contributed by atoms with Gasteiger partial charge in [0.15, 0.2) is 11.5 Å². The first-order valence-corrected chi connectivity index (χ1v) is 8.07. The molecule has 0 spiro atoms. The molecule has 2 aromatic rings. The number of aromatic nitrogens is 4. The van der Waals surface area contributed by atoms with Gasteiger partial charge in [-0.25, -0.2) is 0 Å². The van der Waals surface area contributed by atoms with Crippen LogP contribution < -0.4 is 10.2 Å². The summed E-state index contributed by atoms with van der Waals surface area (Å²) in [5.74, 6) is 1.52. The topological polar surface area (TPSA) is 93.9 Å². The zero-order valence-electron chi connectivity index (χ0n) is 13.8. The maximum atomic E-state index is 11.8. The molecule has 0 atom stereocenters. The van der Waals surface area contributed by atoms with Gasteiger partial charge in [0.05, 0.1) is 19.8 Å². The summed E-state index contributed by atoms with van der Waals surface area (Å²) in [7, 11) is 1.60. The number of nitrogens with one attached hydrogen (secondary N) is 1. The van der Waals surface area contributed by atoms with E-state index in [2.05, 4.69) is 25.5 Å². The van der Waals surface area contributed by atoms with E-state index in [-0.39, 0.29) is 5.91 Å². The van der Waals surface area contributed by atoms with Crippen molar-refractivity contribution in [2.45, 2.75) is 12.8 Å². The lowest BCUT2D eigenvalue weighted by atomic mass is 10.3. The fraction of sp³-hybridized carbons (Fsp3) is 0.600. The Labute approximate surface area is 139 Å². The van der Waals surface area contributed by atoms with Crippen molar-refractivity contribution in [3.05, 3.63) is 18.0 Å². The average molecular weight is 334 g/mol. The second kappa shape index (κ2) is 8.02. The molecular formula is C15H22N6O3. The van der Waals surface area contributed by atoms with Crippen molar-refractivity contribution < 1.29 is 14.3 Å². The van der Waals surface area contributed by atoms with Gasteiger partial charge in [0, 0.05) is 39.6 Å². The number of hydrogen-bond donors (Lipinski definition) is 1. The molecule has 0 saturated carbocycles. The smallest absolute Gasteiger partial charge is 0.220 e. The van der Waals surface area contributed by atoms with E-state index in [9.17, 15) is 4.79 Å². The Balaban J connectivity index is 1.66. The van der Waals surface area contributed by atoms with Crippen LogP contribution in [0.15, 0.2) is 12.1 Å². The number of fused-ring (bicyclic) bond motifs is 1. The molecule has 1 N–H and O–H groups in total. The molecule has 1 aliphatic rings. The highest BCUT2D eigenvalue weighted by Crippen LogP contribution is 2.14. The molecular weight excluding hydrogens is 312 g/mol. The third-order valence-corrected chi connectivity index (χ3v) is 3.85. The first-order chi connectivity index (χ1) is 11.8. The fourth-order valence-corrected chi connectivity index (χ4v) is 2.55. The highest BCUT2D eigenvalue weighted by Gasteiger charge is 2.15. The summed E-state index contributed by atoms with van der Waals surface area (Å²) in [5.41, 5.74) is 0.682. The van der Waals surface area contributed by atoms with Crippen LogP contribution in [-0.4, -0.2) is 72.3 Å². The molecule has 3 rings (SSSR count). The molecule has 0 aromatic carbocycles. The lowest BCUT2D eigenvalue weighted by Crippen LogP contribution is -2.37. The van der Waals surface area contributed by atoms with Crippen molar-refractivity contribution in [1.29, 1.82) is 0 Å². The Kier molecular flexibility index (Phi) is 5.55. The average Bonchev–Trinajstić information content (AvgIpc) is 3.03. The summed E-state index contributed by atoms with van der Waals surface area (Å²) in [5, 5.41) is 15.7. The number of nitrogens with zero attached hydrogens (tertiary/aromatic N) is 5. The van der Waals surface area contributed by atoms with Gasteiger partial charge in [0.25, 0.3) is 0 Å². The van der Waals surface area contributed by atoms with Crippen LogP contribution in [-0.2, 0) is 20.7 Å². The minimum atomic E-state index is -0.0341. The van der Waals surface area contributed by atoms with Crippen LogP contribution in [0, 0.1) is 0 Å². The largest absolute Gasteiger partial charge is 0.383 e. The molecule has 1 amide bonds. The van der Waals surface area contributed by atoms with Gasteiger partial charge in [-0.15, -0.1) is 15.3 Å². The number of carbonyl (C=O) groups excluding carboxylic acids is 1. The summed E-state index contributed by atoms with van der Waals surface area (Å²) >= 11 is 0. The Morgan fingerprint density at radius 1 is 1.33 bits per heavy atom. The van der Waals surface area contributed by atoms with Crippen LogP contribution in [0.2, 0.25) is 0 Å². The van der Waals surface area contributed by atoms with Crippen molar-refractivity contribution in [1.82, 2.24) is 25.1 Å². The number of carbonyl (C=O) groups is 1. The van der Waals surface area contributed by atoms with Crippen molar-refractivity contribution in [2.75, 3.05) is 51.5 Å². The highest BCUT2D eigenvalue weighted by molar-refractivity contribution is 5.76. The number of anilines is 1. The number of hydrogen-bond acceptors (Lipinski definition) is 7. The summed E-state index contributed by atoms with van der Waals surface area (Å²) in [4.78, 5) is 14.0. The third-order valence-electron chi connectivity index (χ3n) is 3.85. The maximum Gasteiger partial charge on any atom is 0.220 e. The van der Waals surface area contributed by atoms with E-state index in [0.717, 1.165) is 18.9 Å². The molecule has 3 heterocycles. The molecule has 2 aromatic heterocycles. The van der Waals surface area contributed by atoms with Gasteiger partial charge < -0.3 is 19.7 Å². The monoisotopic (exact) mass is 334 g/mol. The second-order valence-electron chi connectivity index (χ2n) is 5.52. The van der Waals surface area contributed by atoms with Gasteiger partial charge in [-0.2, -0.15) is 4.52 Å². The van der Waals surface area contributed by atoms with E-state index in [0.29, 0.717) is 50.7 Å². The van der Waals surface area contributed by atoms with Gasteiger partial charge in [0.1, 0.15) is 5.82 Å². The second-order valence-corrected chi connectivity index (χ2v) is 5.52. The Bertz CT molecular complexity index is 683. The molecule has 9 heteroatoms. The Morgan fingerprint density at radius 3 is 2.96 bits per heavy atom. The van der Waals surface area contributed by atoms with Crippen LogP contribution in [0.5, 0.6) is 0 Å². The number of aryl methyl sites for hydroxylation is 1. The predicted octanol–water partition coefficient (Wildman–Crippen LogP) is -0.344. The summed E-state index contributed by atoms with van der Waals surface area (Å²) in [6.07, 6.45) is 0.827. The molecule has 0 radical (unpaired) electrons. The molecule has 0 unspecified atom stereocenters. The number of ether oxygens (including phenoxy) is 2. The fourth-order valence-electron chi connectivity index (χ4n) is 2.55. The van der Waals surface area contributed by atoms with Crippen molar-refractivity contribution in [3.8, 4) is 0 Å². The highest BCUT2D eigenvalue weighted by atomic mass is 16.5. The number of rotatable bonds is 7. The third kappa shape index (κ3) is 3.98. The first kappa shape index (κ1) is 16.6. The van der Waals surface area contributed by atoms with Crippen LogP contribution in [0.1, 0.15) is 12.2 Å². The molecule has 24 heavy (non-hydrogen) atoms. The van der Waals surface area contributed by atoms with Crippen molar-refractivity contribution in [2.24, 2.45) is 0 Å². The Hall–Kier alpha value is -2.26. The minimum Gasteiger partial charge on any atom is -0.383 e. The van der Waals surface area contributed by atoms with E-state index >= 15 is 0 Å². The Morgan fingerprint density at radius 2 is 2.17 bits per heavy atom. The van der Waals surface area contributed by atoms with Gasteiger partial charge in [-0.1, -0.05) is 0 Å². The molecule has 130 valence electrons. The first-order valence-electron chi connectivity index (χ1n) is 8.07. The maximum absolute atomic E-state index is 11.8. The van der Waals surface area contributed by atoms with Gasteiger partial charge in [-0.3, -0.25) is 4.79 Å². The zero-order chi connectivity index (χ0) is 16.8. The predicted molar refractivity (Wildman–Crippen MR) is 87.0 cm³/mol. The SMILES string of the molecule is COCCNC(=O)CCc1nnc2ccc(N3CCOCC3)nn12. The molecule has 1 aliphatic heterocycles. The van der Waals surface area contributed by atoms with E-state index in [1.807, 2.05) is 12.1 Å². The van der Waals surface area contributed by atoms with Crippen LogP contribution in [0.3, 0.4) is 0 Å². The molecule has 9 nitrogen and oxygen atoms in total. The van der Waals surface area contributed by atoms with Crippen LogP contribution in [0.4, 0.5) is 5.82 Å². The lowest BCUT2D eigenvalue weighted by molar-refractivity contribution is -0.121. The normalized spacial score (nSPS) is 15.0. The van der Waals surface area contributed by atoms with E-state index in [4.69, 9.17) is 9.47 Å². The standard InChI is InChI=1S/C15H22N6O3/c1-23-9-6-16-15(22)5-4-13-18-17-12-2-3-14(19-21(12)13)20-7-10-24-11-8-20/h2-3H,4-11H2,1H3,(H,16,22). The quantitative estimate of drug-likeness (QED) is 0.692. The van der Waals surface area contributed by atoms with E-state index in [1.54, 1.807) is 11.6 Å². The van der Waals surface area contributed by atoms with Gasteiger partial charge >= 0.3 is 0 Å². The van der Waals surface area contributed by atoms with Gasteiger partial charge in [-0.05, 0) is 12.1 Å². The number of morpholine rings is 1. The summed E-state index contributed by atoms with van der Waals surface area (Å²) < 4.78 is 12.0. The zero-order valence-corrected chi connectivity index (χ0v) is 13.8. The van der Waals surface area contributed by atoms with Crippen molar-refractivity contribution in [3.63, 3.8) is 0 Å². The summed E-state index contributed by atoms with van der Waals surface area (Å²) in [6.45, 7) is 4.06. The van der Waals surface area contributed by atoms with E-state index in [1.165, 1.54) is 0 Å². The number of methoxy groups -OCH3 is 1. The van der Waals surface area contributed by atoms with Gasteiger partial charge in [0.2, 0.25) is 5.91 Å². The van der Waals surface area contributed by atoms with E-state index < -0.39 is 0 Å². The summed E-state index contributed by atoms with van der Waals surface area (Å²) in [6, 6.07) is 3.84. The van der Waals surface area contributed by atoms with Crippen LogP contribution in [0.25, 0.3) is 5.65 Å². The molecule has 1 fully saturated rings. The minimum absolute atomic E-state index is 0.0341. The number of amides is 1. The lowest BCUT2D eigenvalue weighted by Gasteiger charge is -2.27. The molecule has 0 bridgehead atoms. The molecule has 0 aliphatic carbocycles.